The number of hydrogen-bond donors (Lipinski definition) is 0. The third-order valence-electron chi connectivity index (χ3n) is 26.0. The lowest BCUT2D eigenvalue weighted by molar-refractivity contribution is -0.117. The first kappa shape index (κ1) is 112. The molecule has 15 aromatic rings. The third kappa shape index (κ3) is 37.4. The largest absolute Gasteiger partial charge is 0.460 e. The van der Waals surface area contributed by atoms with Crippen molar-refractivity contribution >= 4 is 57.9 Å². The first-order chi connectivity index (χ1) is 71.3. The first-order valence-electron chi connectivity index (χ1n) is 52.1. The Balaban J connectivity index is 0.000000148. The lowest BCUT2D eigenvalue weighted by atomic mass is 9.82. The van der Waals surface area contributed by atoms with Crippen LogP contribution in [0.2, 0.25) is 15.1 Å². The average Bonchev–Trinajstić information content (AvgIpc) is 1.35. The van der Waals surface area contributed by atoms with Gasteiger partial charge >= 0.3 is 18.0 Å². The molecule has 3 fully saturated rings. The monoisotopic (exact) mass is 2040 g/mol. The topological polar surface area (TPSA) is 251 Å². The summed E-state index contributed by atoms with van der Waals surface area (Å²) in [5.41, 5.74) is 28.8. The number of ketones is 4. The molecule has 0 aliphatic heterocycles. The molecular formula is C126H139Cl3N12O7. The van der Waals surface area contributed by atoms with Crippen LogP contribution in [-0.2, 0) is 102 Å². The molecule has 18 rings (SSSR count). The Morgan fingerprint density at radius 3 is 0.777 bits per heavy atom. The van der Waals surface area contributed by atoms with Crippen LogP contribution in [0.1, 0.15) is 287 Å². The first-order valence-corrected chi connectivity index (χ1v) is 53.3. The van der Waals surface area contributed by atoms with Crippen molar-refractivity contribution in [2.45, 2.75) is 288 Å². The molecule has 766 valence electrons. The molecule has 19 nitrogen and oxygen atoms in total. The van der Waals surface area contributed by atoms with Gasteiger partial charge in [-0.2, -0.15) is 15.0 Å². The van der Waals surface area contributed by atoms with Gasteiger partial charge in [-0.25, -0.2) is 44.9 Å². The van der Waals surface area contributed by atoms with Crippen molar-refractivity contribution in [2.24, 2.45) is 0 Å². The number of hydrogen-bond acceptors (Lipinski definition) is 19. The highest BCUT2D eigenvalue weighted by Gasteiger charge is 2.24. The molecule has 3 aliphatic rings. The van der Waals surface area contributed by atoms with Crippen LogP contribution in [0, 0.1) is 34.6 Å². The molecule has 148 heavy (non-hydrogen) atoms. The molecule has 0 spiro atoms. The number of aryl methyl sites for hydroxylation is 7. The number of carbonyl (C=O) groups excluding carboxylic acids is 4. The van der Waals surface area contributed by atoms with E-state index in [4.69, 9.17) is 59.0 Å². The van der Waals surface area contributed by atoms with Gasteiger partial charge in [-0.3, -0.25) is 19.2 Å². The maximum atomic E-state index is 11.2. The van der Waals surface area contributed by atoms with E-state index in [1.54, 1.807) is 27.7 Å². The number of carbonyl (C=O) groups is 4. The van der Waals surface area contributed by atoms with E-state index in [1.165, 1.54) is 78.3 Å². The molecule has 9 aromatic carbocycles. The van der Waals surface area contributed by atoms with Crippen LogP contribution in [0.15, 0.2) is 255 Å². The van der Waals surface area contributed by atoms with E-state index in [9.17, 15) is 19.2 Å². The minimum absolute atomic E-state index is 0.172. The normalized spacial score (nSPS) is 12.8. The van der Waals surface area contributed by atoms with Gasteiger partial charge in [0.2, 0.25) is 0 Å². The maximum absolute atomic E-state index is 11.2. The maximum Gasteiger partial charge on any atom is 0.317 e. The SMILES string of the molecule is CC(=O)Cc1ccc(Cc2cc(C)nc(-c3cccc(Cl)c3)n2)cc1.CC(=O)Cc1ccc(Cc2cc(C)nc(-c3cccc(Cl)c3)n2)cc1.CC(=O)Cc1ccc(Cc2cc(C)nc(OC3CCCC3)n2)cc1.CC(=O)Cc1ccc(Cc2cc(C)nc(OC3CCCC3)n2)cc1.CCCc1ccc(Cc2cc(C)nc(OC3CCCC3)n2)cc1.CCc1cc(Cc2ccc(C(C)(C)CC)cc2)nc(-c2cccc(Cl)c2)n1. The summed E-state index contributed by atoms with van der Waals surface area (Å²) in [5, 5.41) is 2.05. The predicted molar refractivity (Wildman–Crippen MR) is 596 cm³/mol. The van der Waals surface area contributed by atoms with Gasteiger partial charge in [0.15, 0.2) is 17.5 Å². The zero-order valence-electron chi connectivity index (χ0n) is 88.2. The summed E-state index contributed by atoms with van der Waals surface area (Å²) >= 11 is 18.3. The van der Waals surface area contributed by atoms with E-state index in [1.807, 2.05) is 180 Å². The molecule has 0 N–H and O–H groups in total. The zero-order chi connectivity index (χ0) is 105. The molecule has 0 radical (unpaired) electrons. The minimum Gasteiger partial charge on any atom is -0.460 e. The van der Waals surface area contributed by atoms with Crippen LogP contribution >= 0.6 is 34.8 Å². The van der Waals surface area contributed by atoms with Crippen molar-refractivity contribution in [3.05, 3.63) is 405 Å². The number of halogens is 3. The van der Waals surface area contributed by atoms with Crippen LogP contribution in [-0.4, -0.2) is 101 Å². The number of ether oxygens (including phenoxy) is 3. The van der Waals surface area contributed by atoms with Crippen molar-refractivity contribution in [3.8, 4) is 52.2 Å². The number of benzene rings is 9. The average molecular weight is 2040 g/mol. The number of Topliss-reactive ketones (excluding diaryl/α,β-unsaturated/α-hetero) is 4. The van der Waals surface area contributed by atoms with Crippen molar-refractivity contribution in [1.82, 2.24) is 59.8 Å². The van der Waals surface area contributed by atoms with Gasteiger partial charge in [-0.1, -0.05) is 258 Å². The summed E-state index contributed by atoms with van der Waals surface area (Å²) in [6.07, 6.45) is 25.8. The molecule has 0 atom stereocenters. The Bertz CT molecular complexity index is 6610. The second-order valence-corrected chi connectivity index (χ2v) is 41.3. The van der Waals surface area contributed by atoms with Crippen molar-refractivity contribution in [2.75, 3.05) is 0 Å². The molecule has 0 unspecified atom stereocenters. The van der Waals surface area contributed by atoms with Gasteiger partial charge in [0.05, 0.1) is 17.1 Å². The van der Waals surface area contributed by atoms with Crippen molar-refractivity contribution < 1.29 is 33.4 Å². The van der Waals surface area contributed by atoms with E-state index in [0.29, 0.717) is 76.5 Å². The predicted octanol–water partition coefficient (Wildman–Crippen LogP) is 28.6. The molecule has 22 heteroatoms. The van der Waals surface area contributed by atoms with Gasteiger partial charge in [0, 0.05) is 147 Å². The Labute approximate surface area is 889 Å². The third-order valence-corrected chi connectivity index (χ3v) is 26.7. The van der Waals surface area contributed by atoms with E-state index < -0.39 is 0 Å². The summed E-state index contributed by atoms with van der Waals surface area (Å²) in [4.78, 5) is 99.7. The van der Waals surface area contributed by atoms with E-state index >= 15 is 0 Å². The Morgan fingerprint density at radius 1 is 0.284 bits per heavy atom. The highest BCUT2D eigenvalue weighted by Crippen LogP contribution is 2.33. The Morgan fingerprint density at radius 2 is 0.520 bits per heavy atom. The molecule has 6 aromatic heterocycles. The fraction of sp³-hybridized carbons (Fsp3) is 0.349. The van der Waals surface area contributed by atoms with Gasteiger partial charge in [-0.15, -0.1) is 0 Å². The Kier molecular flexibility index (Phi) is 42.2. The molecule has 0 amide bonds. The lowest BCUT2D eigenvalue weighted by Crippen LogP contribution is -2.15. The van der Waals surface area contributed by atoms with Gasteiger partial charge < -0.3 is 14.2 Å². The highest BCUT2D eigenvalue weighted by molar-refractivity contribution is 6.31. The van der Waals surface area contributed by atoms with E-state index in [2.05, 4.69) is 194 Å². The fourth-order valence-electron chi connectivity index (χ4n) is 18.1. The van der Waals surface area contributed by atoms with Crippen LogP contribution < -0.4 is 14.2 Å². The van der Waals surface area contributed by atoms with E-state index in [-0.39, 0.29) is 40.8 Å². The quantitative estimate of drug-likeness (QED) is 0.0363. The van der Waals surface area contributed by atoms with E-state index in [0.717, 1.165) is 221 Å². The summed E-state index contributed by atoms with van der Waals surface area (Å²) in [6.45, 7) is 27.5. The van der Waals surface area contributed by atoms with Gasteiger partial charge in [0.1, 0.15) is 41.4 Å². The summed E-state index contributed by atoms with van der Waals surface area (Å²) < 4.78 is 17.8. The summed E-state index contributed by atoms with van der Waals surface area (Å²) in [5.74, 6) is 2.83. The van der Waals surface area contributed by atoms with Crippen LogP contribution in [0.4, 0.5) is 0 Å². The molecule has 0 bridgehead atoms. The van der Waals surface area contributed by atoms with Crippen LogP contribution in [0.25, 0.3) is 34.2 Å². The smallest absolute Gasteiger partial charge is 0.317 e. The second-order valence-electron chi connectivity index (χ2n) is 40.0. The van der Waals surface area contributed by atoms with Crippen LogP contribution in [0.5, 0.6) is 18.0 Å². The fourth-order valence-corrected chi connectivity index (χ4v) is 18.7. The zero-order valence-corrected chi connectivity index (χ0v) is 90.5. The molecule has 3 saturated carbocycles. The molecular weight excluding hydrogens is 1900 g/mol. The molecule has 0 saturated heterocycles. The molecule has 3 aliphatic carbocycles. The van der Waals surface area contributed by atoms with Crippen molar-refractivity contribution in [1.29, 1.82) is 0 Å². The second kappa shape index (κ2) is 56.0. The number of rotatable bonds is 34. The lowest BCUT2D eigenvalue weighted by Gasteiger charge is -2.23. The highest BCUT2D eigenvalue weighted by atomic mass is 35.5. The molecule has 6 heterocycles. The van der Waals surface area contributed by atoms with Crippen molar-refractivity contribution in [3.63, 3.8) is 0 Å². The standard InChI is InChI=1S/C24H27ClN2.2C21H19ClN2O.2C20H24N2O2.C20H26N2O/c1-5-21-16-22(27-23(26-21)18-8-7-9-20(25)15-18)14-17-10-12-19(13-11-17)24(3,4)6-2;2*1-14-10-20(12-17-8-6-16(7-9-17)11-15(2)25)24-21(23-14)18-4-3-5-19(22)13-18;2*1-14-11-18(22-20(21-14)24-19-5-3-4-6-19)13-17-9-7-16(8-10-17)12-15(2)23;1-3-6-16-9-11-17(12-10-16)14-18-13-15(2)21-20(22-18)23-19-7-4-5-8-19/h7-13,15-16H,5-6,14H2,1-4H3;2*3-10,13H,11-12H2,1-2H3;2*7-11,19H,3-6,12-13H2,1-2H3;9-13,19H,3-8,14H2,1-2H3. The summed E-state index contributed by atoms with van der Waals surface area (Å²) in [7, 11) is 0. The Hall–Kier alpha value is -13.6. The van der Waals surface area contributed by atoms with Gasteiger partial charge in [-0.05, 0) is 304 Å². The minimum atomic E-state index is 0.172. The number of nitrogens with zero attached hydrogens (tertiary/aromatic N) is 12. The van der Waals surface area contributed by atoms with Crippen LogP contribution in [0.3, 0.4) is 0 Å². The number of aromatic nitrogens is 12. The van der Waals surface area contributed by atoms with Gasteiger partial charge in [0.25, 0.3) is 0 Å². The summed E-state index contributed by atoms with van der Waals surface area (Å²) in [6, 6.07) is 86.9.